The first-order chi connectivity index (χ1) is 12.7. The van der Waals surface area contributed by atoms with E-state index < -0.39 is 15.9 Å². The lowest BCUT2D eigenvalue weighted by Crippen LogP contribution is -2.36. The van der Waals surface area contributed by atoms with Gasteiger partial charge in [-0.1, -0.05) is 23.7 Å². The van der Waals surface area contributed by atoms with Crippen molar-refractivity contribution in [2.75, 3.05) is 32.3 Å². The van der Waals surface area contributed by atoms with Crippen molar-refractivity contribution >= 4 is 33.2 Å². The number of amides is 1. The summed E-state index contributed by atoms with van der Waals surface area (Å²) in [5.41, 5.74) is 1.14. The average Bonchev–Trinajstić information content (AvgIpc) is 2.62. The molecule has 9 heteroatoms. The zero-order valence-electron chi connectivity index (χ0n) is 15.2. The molecule has 0 unspecified atom stereocenters. The maximum atomic E-state index is 12.4. The van der Waals surface area contributed by atoms with Crippen molar-refractivity contribution in [3.05, 3.63) is 53.1 Å². The van der Waals surface area contributed by atoms with Crippen LogP contribution in [-0.4, -0.2) is 45.7 Å². The quantitative estimate of drug-likeness (QED) is 0.720. The highest BCUT2D eigenvalue weighted by Gasteiger charge is 2.21. The van der Waals surface area contributed by atoms with Gasteiger partial charge in [-0.25, -0.2) is 8.42 Å². The number of halogens is 1. The van der Waals surface area contributed by atoms with Crippen LogP contribution in [-0.2, 0) is 21.4 Å². The van der Waals surface area contributed by atoms with E-state index in [1.165, 1.54) is 14.2 Å². The molecule has 146 valence electrons. The third-order valence-corrected chi connectivity index (χ3v) is 5.19. The lowest BCUT2D eigenvalue weighted by Gasteiger charge is -2.20. The van der Waals surface area contributed by atoms with Crippen LogP contribution in [0.15, 0.2) is 42.5 Å². The number of carbonyl (C=O) groups excluding carboxylic acids is 1. The van der Waals surface area contributed by atoms with Gasteiger partial charge in [-0.3, -0.25) is 4.79 Å². The number of hydrogen-bond donors (Lipinski definition) is 1. The standard InChI is InChI=1S/C18H21ClN2O5S/c1-25-15-8-9-16(17(10-15)26-2)20-18(22)12-21(27(3,23)24)11-13-4-6-14(19)7-5-13/h4-10H,11-12H2,1-3H3,(H,20,22). The summed E-state index contributed by atoms with van der Waals surface area (Å²) in [5, 5.41) is 3.21. The van der Waals surface area contributed by atoms with E-state index in [4.69, 9.17) is 21.1 Å². The summed E-state index contributed by atoms with van der Waals surface area (Å²) in [6.45, 7) is -0.278. The molecule has 1 N–H and O–H groups in total. The van der Waals surface area contributed by atoms with Gasteiger partial charge in [0.1, 0.15) is 11.5 Å². The van der Waals surface area contributed by atoms with Crippen LogP contribution in [0.5, 0.6) is 11.5 Å². The first kappa shape index (κ1) is 21.0. The van der Waals surface area contributed by atoms with Gasteiger partial charge in [0.15, 0.2) is 0 Å². The minimum Gasteiger partial charge on any atom is -0.497 e. The van der Waals surface area contributed by atoms with E-state index in [1.807, 2.05) is 0 Å². The van der Waals surface area contributed by atoms with Crippen molar-refractivity contribution in [1.29, 1.82) is 0 Å². The summed E-state index contributed by atoms with van der Waals surface area (Å²) in [7, 11) is -0.611. The van der Waals surface area contributed by atoms with Crippen LogP contribution < -0.4 is 14.8 Å². The summed E-state index contributed by atoms with van der Waals surface area (Å²) in [5.74, 6) is 0.495. The molecule has 27 heavy (non-hydrogen) atoms. The van der Waals surface area contributed by atoms with E-state index in [0.717, 1.165) is 16.1 Å². The Morgan fingerprint density at radius 2 is 1.78 bits per heavy atom. The second-order valence-electron chi connectivity index (χ2n) is 5.77. The van der Waals surface area contributed by atoms with Crippen LogP contribution in [0, 0.1) is 0 Å². The van der Waals surface area contributed by atoms with Crippen LogP contribution >= 0.6 is 11.6 Å². The minimum atomic E-state index is -3.60. The summed E-state index contributed by atoms with van der Waals surface area (Å²) in [4.78, 5) is 12.4. The number of hydrogen-bond acceptors (Lipinski definition) is 5. The fourth-order valence-corrected chi connectivity index (χ4v) is 3.20. The summed E-state index contributed by atoms with van der Waals surface area (Å²) in [6, 6.07) is 11.7. The fourth-order valence-electron chi connectivity index (χ4n) is 2.34. The van der Waals surface area contributed by atoms with E-state index in [0.29, 0.717) is 22.2 Å². The van der Waals surface area contributed by atoms with Gasteiger partial charge in [0.05, 0.1) is 32.7 Å². The smallest absolute Gasteiger partial charge is 0.239 e. The molecule has 0 heterocycles. The van der Waals surface area contributed by atoms with E-state index in [2.05, 4.69) is 5.32 Å². The van der Waals surface area contributed by atoms with E-state index in [1.54, 1.807) is 42.5 Å². The predicted octanol–water partition coefficient (Wildman–Crippen LogP) is 2.76. The number of anilines is 1. The van der Waals surface area contributed by atoms with Gasteiger partial charge >= 0.3 is 0 Å². The first-order valence-electron chi connectivity index (χ1n) is 7.94. The zero-order valence-corrected chi connectivity index (χ0v) is 16.8. The molecule has 0 saturated heterocycles. The van der Waals surface area contributed by atoms with E-state index in [9.17, 15) is 13.2 Å². The Balaban J connectivity index is 2.13. The van der Waals surface area contributed by atoms with Crippen molar-refractivity contribution < 1.29 is 22.7 Å². The van der Waals surface area contributed by atoms with Crippen LogP contribution in [0.3, 0.4) is 0 Å². The molecular weight excluding hydrogens is 392 g/mol. The molecule has 0 saturated carbocycles. The molecule has 7 nitrogen and oxygen atoms in total. The first-order valence-corrected chi connectivity index (χ1v) is 10.2. The van der Waals surface area contributed by atoms with Crippen molar-refractivity contribution in [1.82, 2.24) is 4.31 Å². The molecule has 0 aliphatic heterocycles. The van der Waals surface area contributed by atoms with Gasteiger partial charge in [0, 0.05) is 17.6 Å². The normalized spacial score (nSPS) is 11.3. The Labute approximate surface area is 163 Å². The fraction of sp³-hybridized carbons (Fsp3) is 0.278. The summed E-state index contributed by atoms with van der Waals surface area (Å²) in [6.07, 6.45) is 1.06. The maximum Gasteiger partial charge on any atom is 0.239 e. The van der Waals surface area contributed by atoms with Crippen LogP contribution in [0.1, 0.15) is 5.56 Å². The molecular formula is C18H21ClN2O5S. The number of nitrogens with zero attached hydrogens (tertiary/aromatic N) is 1. The van der Waals surface area contributed by atoms with Gasteiger partial charge in [0.25, 0.3) is 0 Å². The average molecular weight is 413 g/mol. The molecule has 0 aromatic heterocycles. The number of sulfonamides is 1. The molecule has 2 aromatic carbocycles. The topological polar surface area (TPSA) is 84.9 Å². The zero-order chi connectivity index (χ0) is 20.0. The third-order valence-electron chi connectivity index (χ3n) is 3.74. The second kappa shape index (κ2) is 9.07. The maximum absolute atomic E-state index is 12.4. The van der Waals surface area contributed by atoms with Gasteiger partial charge in [-0.2, -0.15) is 4.31 Å². The monoisotopic (exact) mass is 412 g/mol. The molecule has 0 spiro atoms. The Bertz CT molecular complexity index is 900. The van der Waals surface area contributed by atoms with Crippen LogP contribution in [0.4, 0.5) is 5.69 Å². The summed E-state index contributed by atoms with van der Waals surface area (Å²) < 4.78 is 35.6. The van der Waals surface area contributed by atoms with Crippen LogP contribution in [0.2, 0.25) is 5.02 Å². The van der Waals surface area contributed by atoms with Gasteiger partial charge in [0.2, 0.25) is 15.9 Å². The number of benzene rings is 2. The highest BCUT2D eigenvalue weighted by atomic mass is 35.5. The third kappa shape index (κ3) is 6.13. The number of methoxy groups -OCH3 is 2. The molecule has 0 fully saturated rings. The Morgan fingerprint density at radius 1 is 1.11 bits per heavy atom. The lowest BCUT2D eigenvalue weighted by molar-refractivity contribution is -0.116. The van der Waals surface area contributed by atoms with Gasteiger partial charge in [-0.15, -0.1) is 0 Å². The van der Waals surface area contributed by atoms with Crippen LogP contribution in [0.25, 0.3) is 0 Å². The van der Waals surface area contributed by atoms with Gasteiger partial charge in [-0.05, 0) is 29.8 Å². The molecule has 0 atom stereocenters. The Hall–Kier alpha value is -2.29. The predicted molar refractivity (Wildman–Crippen MR) is 105 cm³/mol. The molecule has 1 amide bonds. The lowest BCUT2D eigenvalue weighted by atomic mass is 10.2. The number of carbonyl (C=O) groups is 1. The molecule has 0 bridgehead atoms. The molecule has 0 aliphatic rings. The van der Waals surface area contributed by atoms with Gasteiger partial charge < -0.3 is 14.8 Å². The molecule has 0 radical (unpaired) electrons. The Morgan fingerprint density at radius 3 is 2.33 bits per heavy atom. The highest BCUT2D eigenvalue weighted by Crippen LogP contribution is 2.29. The van der Waals surface area contributed by atoms with Crippen molar-refractivity contribution in [3.63, 3.8) is 0 Å². The largest absolute Gasteiger partial charge is 0.497 e. The summed E-state index contributed by atoms with van der Waals surface area (Å²) >= 11 is 5.85. The minimum absolute atomic E-state index is 0.0587. The van der Waals surface area contributed by atoms with Crippen molar-refractivity contribution in [2.24, 2.45) is 0 Å². The second-order valence-corrected chi connectivity index (χ2v) is 8.19. The number of nitrogens with one attached hydrogen (secondary N) is 1. The SMILES string of the molecule is COc1ccc(NC(=O)CN(Cc2ccc(Cl)cc2)S(C)(=O)=O)c(OC)c1. The molecule has 2 rings (SSSR count). The number of rotatable bonds is 8. The van der Waals surface area contributed by atoms with E-state index >= 15 is 0 Å². The highest BCUT2D eigenvalue weighted by molar-refractivity contribution is 7.88. The Kier molecular flexibility index (Phi) is 7.06. The molecule has 0 aliphatic carbocycles. The van der Waals surface area contributed by atoms with Crippen molar-refractivity contribution in [3.8, 4) is 11.5 Å². The van der Waals surface area contributed by atoms with Crippen molar-refractivity contribution in [2.45, 2.75) is 6.54 Å². The van der Waals surface area contributed by atoms with E-state index in [-0.39, 0.29) is 13.1 Å². The molecule has 2 aromatic rings. The number of ether oxygens (including phenoxy) is 2.